The highest BCUT2D eigenvalue weighted by Gasteiger charge is 2.11. The van der Waals surface area contributed by atoms with Crippen LogP contribution in [0.15, 0.2) is 29.5 Å². The number of aromatic nitrogens is 1. The predicted octanol–water partition coefficient (Wildman–Crippen LogP) is 0.0355. The molecule has 1 heterocycles. The minimum atomic E-state index is -0.987. The van der Waals surface area contributed by atoms with E-state index in [2.05, 4.69) is 20.6 Å². The minimum Gasteiger partial charge on any atom is -0.480 e. The van der Waals surface area contributed by atoms with Crippen LogP contribution in [0.2, 0.25) is 0 Å². The van der Waals surface area contributed by atoms with E-state index in [9.17, 15) is 9.59 Å². The molecule has 0 aromatic carbocycles. The fourth-order valence-corrected chi connectivity index (χ4v) is 1.79. The van der Waals surface area contributed by atoms with Gasteiger partial charge in [-0.1, -0.05) is 19.9 Å². The summed E-state index contributed by atoms with van der Waals surface area (Å²) in [6.07, 6.45) is 4.74. The van der Waals surface area contributed by atoms with Crippen LogP contribution in [0.3, 0.4) is 0 Å². The first-order chi connectivity index (χ1) is 13.3. The lowest BCUT2D eigenvalue weighted by Gasteiger charge is -2.09. The molecule has 0 spiro atoms. The number of nitrogens with one attached hydrogen (secondary N) is 2. The predicted molar refractivity (Wildman–Crippen MR) is 110 cm³/mol. The van der Waals surface area contributed by atoms with Crippen LogP contribution in [0.1, 0.15) is 32.3 Å². The molecule has 10 heteroatoms. The zero-order chi connectivity index (χ0) is 21.9. The molecule has 0 radical (unpaired) electrons. The highest BCUT2D eigenvalue weighted by Crippen LogP contribution is 1.99. The topological polar surface area (TPSA) is 176 Å². The van der Waals surface area contributed by atoms with Crippen LogP contribution in [0.25, 0.3) is 0 Å². The van der Waals surface area contributed by atoms with E-state index in [1.165, 1.54) is 0 Å². The number of carbonyl (C=O) groups is 2. The summed E-state index contributed by atoms with van der Waals surface area (Å²) in [5.41, 5.74) is 11.5. The van der Waals surface area contributed by atoms with Gasteiger partial charge in [-0.05, 0) is 30.9 Å². The number of nitrogens with two attached hydrogens (primary N) is 2. The fourth-order valence-electron chi connectivity index (χ4n) is 1.79. The van der Waals surface area contributed by atoms with Gasteiger partial charge in [-0.25, -0.2) is 0 Å². The zero-order valence-electron chi connectivity index (χ0n) is 17.1. The van der Waals surface area contributed by atoms with Crippen molar-refractivity contribution in [1.82, 2.24) is 15.6 Å². The van der Waals surface area contributed by atoms with Crippen molar-refractivity contribution in [3.8, 4) is 0 Å². The van der Waals surface area contributed by atoms with Gasteiger partial charge in [-0.15, -0.1) is 0 Å². The molecule has 8 N–H and O–H groups in total. The van der Waals surface area contributed by atoms with Gasteiger partial charge in [0.25, 0.3) is 0 Å². The molecule has 0 fully saturated rings. The fraction of sp³-hybridized carbons (Fsp3) is 0.556. The number of pyridine rings is 1. The third-order valence-corrected chi connectivity index (χ3v) is 3.26. The molecule has 1 aromatic rings. The number of rotatable bonds is 8. The van der Waals surface area contributed by atoms with E-state index in [0.29, 0.717) is 31.8 Å². The molecule has 0 amide bonds. The number of aliphatic carboxylic acids is 2. The Balaban J connectivity index is 0. The molecular formula is C18H34N6O4. The van der Waals surface area contributed by atoms with Gasteiger partial charge in [-0.2, -0.15) is 0 Å². The summed E-state index contributed by atoms with van der Waals surface area (Å²) in [6.45, 7) is 4.66. The first kappa shape index (κ1) is 27.5. The van der Waals surface area contributed by atoms with Crippen molar-refractivity contribution in [3.63, 3.8) is 0 Å². The molecule has 0 aliphatic heterocycles. The average molecular weight is 399 g/mol. The van der Waals surface area contributed by atoms with Gasteiger partial charge in [0.15, 0.2) is 5.96 Å². The SMILES string of the molecule is CC.CN=C(NC)NCCCC(N)C(=O)O.NC(Cc1cccnc1)C(=O)O. The Bertz CT molecular complexity index is 568. The number of hydrogen-bond acceptors (Lipinski definition) is 6. The molecule has 2 atom stereocenters. The maximum Gasteiger partial charge on any atom is 0.320 e. The molecule has 0 aliphatic carbocycles. The lowest BCUT2D eigenvalue weighted by molar-refractivity contribution is -0.139. The summed E-state index contributed by atoms with van der Waals surface area (Å²) in [6, 6.07) is 1.95. The lowest BCUT2D eigenvalue weighted by atomic mass is 10.1. The number of nitrogens with zero attached hydrogens (tertiary/aromatic N) is 2. The van der Waals surface area contributed by atoms with Crippen molar-refractivity contribution >= 4 is 17.9 Å². The van der Waals surface area contributed by atoms with Crippen molar-refractivity contribution in [2.75, 3.05) is 20.6 Å². The van der Waals surface area contributed by atoms with E-state index < -0.39 is 24.0 Å². The second-order valence-electron chi connectivity index (χ2n) is 5.35. The van der Waals surface area contributed by atoms with Crippen molar-refractivity contribution in [1.29, 1.82) is 0 Å². The highest BCUT2D eigenvalue weighted by molar-refractivity contribution is 5.79. The second kappa shape index (κ2) is 17.7. The normalized spacial score (nSPS) is 12.3. The van der Waals surface area contributed by atoms with Gasteiger partial charge in [0.1, 0.15) is 12.1 Å². The summed E-state index contributed by atoms with van der Waals surface area (Å²) in [5, 5.41) is 22.9. The van der Waals surface area contributed by atoms with E-state index in [1.807, 2.05) is 13.8 Å². The largest absolute Gasteiger partial charge is 0.480 e. The van der Waals surface area contributed by atoms with E-state index in [-0.39, 0.29) is 0 Å². The molecule has 0 bridgehead atoms. The molecule has 160 valence electrons. The van der Waals surface area contributed by atoms with Crippen LogP contribution >= 0.6 is 0 Å². The van der Waals surface area contributed by atoms with Crippen LogP contribution in [0.5, 0.6) is 0 Å². The van der Waals surface area contributed by atoms with E-state index in [4.69, 9.17) is 21.7 Å². The van der Waals surface area contributed by atoms with Crippen LogP contribution in [0, 0.1) is 0 Å². The lowest BCUT2D eigenvalue weighted by Crippen LogP contribution is -2.36. The van der Waals surface area contributed by atoms with Gasteiger partial charge < -0.3 is 32.3 Å². The van der Waals surface area contributed by atoms with Gasteiger partial charge in [-0.3, -0.25) is 19.6 Å². The summed E-state index contributed by atoms with van der Waals surface area (Å²) < 4.78 is 0. The number of guanidine groups is 1. The van der Waals surface area contributed by atoms with E-state index in [1.54, 1.807) is 38.6 Å². The average Bonchev–Trinajstić information content (AvgIpc) is 2.70. The van der Waals surface area contributed by atoms with Gasteiger partial charge >= 0.3 is 11.9 Å². The van der Waals surface area contributed by atoms with E-state index >= 15 is 0 Å². The number of hydrogen-bond donors (Lipinski definition) is 6. The standard InChI is InChI=1S/C8H18N4O2.C8H10N2O2.C2H6/c1-10-8(11-2)12-5-3-4-6(9)7(13)14;9-7(8(11)12)4-6-2-1-3-10-5-6;1-2/h6H,3-5,9H2,1-2H3,(H,13,14)(H2,10,11,12);1-3,5,7H,4,9H2,(H,11,12);1-2H3. The summed E-state index contributed by atoms with van der Waals surface area (Å²) >= 11 is 0. The first-order valence-electron chi connectivity index (χ1n) is 9.05. The Labute approximate surface area is 166 Å². The van der Waals surface area contributed by atoms with Gasteiger partial charge in [0.05, 0.1) is 0 Å². The third-order valence-electron chi connectivity index (χ3n) is 3.26. The number of carboxylic acid groups (broad SMARTS) is 2. The zero-order valence-corrected chi connectivity index (χ0v) is 17.1. The molecule has 1 rings (SSSR count). The molecule has 0 aliphatic rings. The second-order valence-corrected chi connectivity index (χ2v) is 5.35. The molecule has 0 saturated carbocycles. The van der Waals surface area contributed by atoms with Crippen LogP contribution in [0.4, 0.5) is 0 Å². The number of carboxylic acids is 2. The molecule has 2 unspecified atom stereocenters. The van der Waals surface area contributed by atoms with Crippen LogP contribution in [-0.2, 0) is 16.0 Å². The van der Waals surface area contributed by atoms with Crippen LogP contribution < -0.4 is 22.1 Å². The first-order valence-corrected chi connectivity index (χ1v) is 9.05. The molecule has 10 nitrogen and oxygen atoms in total. The van der Waals surface area contributed by atoms with Crippen molar-refractivity contribution in [2.45, 2.75) is 45.2 Å². The van der Waals surface area contributed by atoms with Gasteiger partial charge in [0, 0.05) is 33.0 Å². The quantitative estimate of drug-likeness (QED) is 0.200. The number of aliphatic imine (C=N–C) groups is 1. The Hall–Kier alpha value is -2.72. The summed E-state index contributed by atoms with van der Waals surface area (Å²) in [7, 11) is 3.43. The van der Waals surface area contributed by atoms with Gasteiger partial charge in [0.2, 0.25) is 0 Å². The molecule has 0 saturated heterocycles. The van der Waals surface area contributed by atoms with Crippen molar-refractivity contribution in [3.05, 3.63) is 30.1 Å². The molecule has 28 heavy (non-hydrogen) atoms. The Morgan fingerprint density at radius 2 is 1.82 bits per heavy atom. The van der Waals surface area contributed by atoms with Crippen molar-refractivity contribution in [2.24, 2.45) is 16.5 Å². The Kier molecular flexibility index (Phi) is 17.4. The van der Waals surface area contributed by atoms with E-state index in [0.717, 1.165) is 5.56 Å². The maximum absolute atomic E-state index is 10.4. The smallest absolute Gasteiger partial charge is 0.320 e. The Morgan fingerprint density at radius 1 is 1.21 bits per heavy atom. The summed E-state index contributed by atoms with van der Waals surface area (Å²) in [4.78, 5) is 28.5. The monoisotopic (exact) mass is 398 g/mol. The summed E-state index contributed by atoms with van der Waals surface area (Å²) in [5.74, 6) is -1.25. The third kappa shape index (κ3) is 14.4. The maximum atomic E-state index is 10.4. The molecule has 1 aromatic heterocycles. The molecular weight excluding hydrogens is 364 g/mol. The Morgan fingerprint density at radius 3 is 2.25 bits per heavy atom. The highest BCUT2D eigenvalue weighted by atomic mass is 16.4. The van der Waals surface area contributed by atoms with Crippen molar-refractivity contribution < 1.29 is 19.8 Å². The van der Waals surface area contributed by atoms with Crippen LogP contribution in [-0.4, -0.2) is 65.8 Å². The minimum absolute atomic E-state index is 0.323.